The molecule has 7 nitrogen and oxygen atoms in total. The number of nitrogens with one attached hydrogen (secondary N) is 2. The number of nitrogens with zero attached hydrogens (tertiary/aromatic N) is 1. The number of amides is 2. The normalized spacial score (nSPS) is 22.3. The lowest BCUT2D eigenvalue weighted by atomic mass is 9.80. The summed E-state index contributed by atoms with van der Waals surface area (Å²) >= 11 is 6.14. The third-order valence-electron chi connectivity index (χ3n) is 8.41. The molecule has 2 aliphatic rings. The van der Waals surface area contributed by atoms with Gasteiger partial charge >= 0.3 is 24.5 Å². The van der Waals surface area contributed by atoms with Gasteiger partial charge < -0.3 is 20.1 Å². The van der Waals surface area contributed by atoms with E-state index in [-0.39, 0.29) is 36.4 Å². The number of hydrogen-bond acceptors (Lipinski definition) is 5. The van der Waals surface area contributed by atoms with Crippen LogP contribution in [-0.2, 0) is 21.5 Å². The summed E-state index contributed by atoms with van der Waals surface area (Å²) in [5, 5.41) is 6.35. The van der Waals surface area contributed by atoms with Crippen LogP contribution in [0.25, 0.3) is 0 Å². The van der Waals surface area contributed by atoms with Gasteiger partial charge in [0.1, 0.15) is 11.3 Å². The zero-order valence-corrected chi connectivity index (χ0v) is 24.6. The topological polar surface area (TPSA) is 89.5 Å². The van der Waals surface area contributed by atoms with Gasteiger partial charge in [-0.15, -0.1) is 0 Å². The van der Waals surface area contributed by atoms with E-state index in [0.29, 0.717) is 10.7 Å². The fraction of sp³-hybridized carbons (Fsp3) is 0.406. The number of fused-ring (bicyclic) bond motifs is 2. The average molecular weight is 634 g/mol. The van der Waals surface area contributed by atoms with Crippen molar-refractivity contribution in [3.05, 3.63) is 94.8 Å². The predicted octanol–water partition coefficient (Wildman–Crippen LogP) is 6.74. The van der Waals surface area contributed by atoms with Crippen molar-refractivity contribution in [3.63, 3.8) is 0 Å². The third-order valence-corrected chi connectivity index (χ3v) is 8.63. The molecular formula is C32H32ClF4N3O4. The lowest BCUT2D eigenvalue weighted by Crippen LogP contribution is -2.57. The Kier molecular flexibility index (Phi) is 9.34. The standard InChI is InChI=1S/C32H32ClF4N3O4/c1-2-43-28(41)26-20-11-12-21(15-20)27(26)39-30(42)40-31(17-19-7-4-3-5-8-19,25-14-13-23(33)18-38-25)22-9-6-10-24(16-22)44-32(36,37)29(34)35/h3-10,13-14,16,18,20-21,26-27,29H,2,11-12,15,17H2,1H3,(H2,39,40,42)/t20-,21+,26+,27-,31+/m1/s1. The highest BCUT2D eigenvalue weighted by atomic mass is 35.5. The number of esters is 1. The molecule has 5 atom stereocenters. The van der Waals surface area contributed by atoms with Gasteiger partial charge in [-0.05, 0) is 73.4 Å². The third kappa shape index (κ3) is 6.62. The molecule has 44 heavy (non-hydrogen) atoms. The van der Waals surface area contributed by atoms with Gasteiger partial charge in [-0.25, -0.2) is 4.79 Å². The van der Waals surface area contributed by atoms with E-state index in [1.54, 1.807) is 37.3 Å². The number of carbonyl (C=O) groups excluding carboxylic acids is 2. The van der Waals surface area contributed by atoms with Gasteiger partial charge in [0.15, 0.2) is 0 Å². The van der Waals surface area contributed by atoms with E-state index in [4.69, 9.17) is 16.3 Å². The number of aromatic nitrogens is 1. The van der Waals surface area contributed by atoms with Crippen LogP contribution >= 0.6 is 11.6 Å². The van der Waals surface area contributed by atoms with E-state index in [1.165, 1.54) is 18.3 Å². The van der Waals surface area contributed by atoms with Crippen molar-refractivity contribution in [2.45, 2.75) is 56.7 Å². The van der Waals surface area contributed by atoms with Crippen LogP contribution in [0.15, 0.2) is 72.9 Å². The molecule has 1 heterocycles. The predicted molar refractivity (Wildman–Crippen MR) is 155 cm³/mol. The molecule has 2 aromatic carbocycles. The second-order valence-corrected chi connectivity index (χ2v) is 11.6. The number of alkyl halides is 4. The molecule has 0 spiro atoms. The van der Waals surface area contributed by atoms with Crippen molar-refractivity contribution in [2.24, 2.45) is 17.8 Å². The Bertz CT molecular complexity index is 1460. The Balaban J connectivity index is 1.56. The number of benzene rings is 2. The summed E-state index contributed by atoms with van der Waals surface area (Å²) < 4.78 is 63.6. The summed E-state index contributed by atoms with van der Waals surface area (Å²) in [7, 11) is 0. The van der Waals surface area contributed by atoms with Gasteiger partial charge in [0.2, 0.25) is 0 Å². The molecule has 0 unspecified atom stereocenters. The van der Waals surface area contributed by atoms with E-state index in [2.05, 4.69) is 20.4 Å². The molecule has 12 heteroatoms. The lowest BCUT2D eigenvalue weighted by molar-refractivity contribution is -0.253. The summed E-state index contributed by atoms with van der Waals surface area (Å²) in [6, 6.07) is 16.4. The number of hydrogen-bond donors (Lipinski definition) is 2. The molecule has 2 bridgehead atoms. The number of ether oxygens (including phenoxy) is 2. The molecule has 234 valence electrons. The molecule has 2 N–H and O–H groups in total. The number of pyridine rings is 1. The van der Waals surface area contributed by atoms with Gasteiger partial charge in [0.25, 0.3) is 0 Å². The maximum atomic E-state index is 13.9. The summed E-state index contributed by atoms with van der Waals surface area (Å²) in [4.78, 5) is 31.3. The van der Waals surface area contributed by atoms with E-state index >= 15 is 0 Å². The zero-order chi connectivity index (χ0) is 31.5. The molecule has 2 aliphatic carbocycles. The smallest absolute Gasteiger partial charge is 0.461 e. The van der Waals surface area contributed by atoms with Gasteiger partial charge in [0.05, 0.1) is 23.2 Å². The van der Waals surface area contributed by atoms with Gasteiger partial charge in [-0.1, -0.05) is 54.1 Å². The van der Waals surface area contributed by atoms with Crippen LogP contribution < -0.4 is 15.4 Å². The molecule has 2 fully saturated rings. The highest BCUT2D eigenvalue weighted by Crippen LogP contribution is 2.49. The van der Waals surface area contributed by atoms with E-state index < -0.39 is 41.8 Å². The first kappa shape index (κ1) is 31.6. The Morgan fingerprint density at radius 1 is 1.05 bits per heavy atom. The highest BCUT2D eigenvalue weighted by molar-refractivity contribution is 6.30. The molecule has 0 aliphatic heterocycles. The molecular weight excluding hydrogens is 602 g/mol. The number of urea groups is 1. The first-order valence-electron chi connectivity index (χ1n) is 14.4. The Hall–Kier alpha value is -3.86. The second-order valence-electron chi connectivity index (χ2n) is 11.2. The fourth-order valence-corrected chi connectivity index (χ4v) is 6.65. The molecule has 5 rings (SSSR count). The van der Waals surface area contributed by atoms with Crippen LogP contribution in [0, 0.1) is 17.8 Å². The Labute approximate surface area is 257 Å². The van der Waals surface area contributed by atoms with Crippen molar-refractivity contribution in [3.8, 4) is 5.75 Å². The summed E-state index contributed by atoms with van der Waals surface area (Å²) in [6.07, 6.45) is -4.81. The van der Waals surface area contributed by atoms with Crippen LogP contribution in [0.1, 0.15) is 43.0 Å². The zero-order valence-electron chi connectivity index (χ0n) is 23.8. The van der Waals surface area contributed by atoms with Gasteiger partial charge in [-0.2, -0.15) is 17.6 Å². The molecule has 2 amide bonds. The van der Waals surface area contributed by atoms with Crippen molar-refractivity contribution < 1.29 is 36.6 Å². The number of rotatable bonds is 11. The molecule has 0 radical (unpaired) electrons. The molecule has 0 saturated heterocycles. The Morgan fingerprint density at radius 3 is 2.48 bits per heavy atom. The quantitative estimate of drug-likeness (QED) is 0.180. The van der Waals surface area contributed by atoms with Crippen LogP contribution in [0.2, 0.25) is 5.02 Å². The van der Waals surface area contributed by atoms with Crippen molar-refractivity contribution in [2.75, 3.05) is 6.61 Å². The maximum absolute atomic E-state index is 13.9. The highest BCUT2D eigenvalue weighted by Gasteiger charge is 2.52. The van der Waals surface area contributed by atoms with Gasteiger partial charge in [0, 0.05) is 18.7 Å². The van der Waals surface area contributed by atoms with Crippen molar-refractivity contribution in [1.29, 1.82) is 0 Å². The van der Waals surface area contributed by atoms with Crippen LogP contribution in [0.3, 0.4) is 0 Å². The summed E-state index contributed by atoms with van der Waals surface area (Å²) in [5.74, 6) is -1.20. The minimum Gasteiger partial charge on any atom is -0.466 e. The average Bonchev–Trinajstić information content (AvgIpc) is 3.60. The second kappa shape index (κ2) is 13.0. The van der Waals surface area contributed by atoms with Crippen LogP contribution in [0.4, 0.5) is 22.4 Å². The maximum Gasteiger partial charge on any atom is 0.461 e. The number of halogens is 5. The minimum absolute atomic E-state index is 0.0859. The molecule has 1 aromatic heterocycles. The first-order chi connectivity index (χ1) is 21.0. The Morgan fingerprint density at radius 2 is 1.80 bits per heavy atom. The van der Waals surface area contributed by atoms with E-state index in [0.717, 1.165) is 30.9 Å². The summed E-state index contributed by atoms with van der Waals surface area (Å²) in [6.45, 7) is 1.95. The lowest BCUT2D eigenvalue weighted by Gasteiger charge is -2.37. The SMILES string of the molecule is CCOC(=O)[C@H]1[C@@H]2CC[C@@H](C2)[C@H]1NC(=O)N[C@@](Cc1ccccc1)(c1cccc(OC(F)(F)C(F)F)c1)c1ccc(Cl)cn1. The summed E-state index contributed by atoms with van der Waals surface area (Å²) in [5.41, 5.74) is -0.234. The van der Waals surface area contributed by atoms with Crippen LogP contribution in [-0.4, -0.2) is 42.2 Å². The largest absolute Gasteiger partial charge is 0.466 e. The number of carbonyl (C=O) groups is 2. The first-order valence-corrected chi connectivity index (χ1v) is 14.8. The van der Waals surface area contributed by atoms with E-state index in [1.807, 2.05) is 18.2 Å². The molecule has 2 saturated carbocycles. The molecule has 3 aromatic rings. The monoisotopic (exact) mass is 633 g/mol. The minimum atomic E-state index is -4.74. The van der Waals surface area contributed by atoms with Crippen LogP contribution in [0.5, 0.6) is 5.75 Å². The fourth-order valence-electron chi connectivity index (χ4n) is 6.54. The van der Waals surface area contributed by atoms with Crippen molar-refractivity contribution >= 4 is 23.6 Å². The van der Waals surface area contributed by atoms with E-state index in [9.17, 15) is 27.2 Å². The van der Waals surface area contributed by atoms with Gasteiger partial charge in [-0.3, -0.25) is 9.78 Å². The van der Waals surface area contributed by atoms with Crippen molar-refractivity contribution in [1.82, 2.24) is 15.6 Å².